The lowest BCUT2D eigenvalue weighted by Crippen LogP contribution is -2.24. The summed E-state index contributed by atoms with van der Waals surface area (Å²) in [6, 6.07) is 5.31. The van der Waals surface area contributed by atoms with Crippen LogP contribution >= 0.6 is 0 Å². The van der Waals surface area contributed by atoms with Crippen molar-refractivity contribution in [3.05, 3.63) is 47.5 Å². The van der Waals surface area contributed by atoms with Crippen LogP contribution in [0.5, 0.6) is 0 Å². The molecule has 1 aromatic carbocycles. The quantitative estimate of drug-likeness (QED) is 0.693. The minimum Gasteiger partial charge on any atom is -0.398 e. The van der Waals surface area contributed by atoms with Gasteiger partial charge in [0.05, 0.1) is 18.6 Å². The van der Waals surface area contributed by atoms with E-state index in [0.29, 0.717) is 17.8 Å². The normalized spacial score (nSPS) is 10.2. The van der Waals surface area contributed by atoms with Crippen LogP contribution in [0.4, 0.5) is 5.69 Å². The number of aromatic amines is 1. The lowest BCUT2D eigenvalue weighted by atomic mass is 10.1. The largest absolute Gasteiger partial charge is 0.398 e. The summed E-state index contributed by atoms with van der Waals surface area (Å²) in [5, 5.41) is 2.80. The number of hydrogen-bond acceptors (Lipinski definition) is 3. The maximum Gasteiger partial charge on any atom is 0.251 e. The molecule has 1 amide bonds. The average Bonchev–Trinajstić information content (AvgIpc) is 2.82. The van der Waals surface area contributed by atoms with Crippen molar-refractivity contribution in [2.24, 2.45) is 0 Å². The van der Waals surface area contributed by atoms with Crippen molar-refractivity contribution in [1.29, 1.82) is 0 Å². The van der Waals surface area contributed by atoms with Crippen LogP contribution in [0.15, 0.2) is 30.7 Å². The zero-order chi connectivity index (χ0) is 12.3. The number of nitrogens with two attached hydrogens (primary N) is 1. The summed E-state index contributed by atoms with van der Waals surface area (Å²) in [6.45, 7) is 2.26. The molecule has 0 aliphatic rings. The van der Waals surface area contributed by atoms with Crippen molar-refractivity contribution >= 4 is 11.6 Å². The van der Waals surface area contributed by atoms with Crippen LogP contribution in [0, 0.1) is 6.92 Å². The summed E-state index contributed by atoms with van der Waals surface area (Å²) < 4.78 is 0. The summed E-state index contributed by atoms with van der Waals surface area (Å²) in [6.07, 6.45) is 3.25. The van der Waals surface area contributed by atoms with Gasteiger partial charge >= 0.3 is 0 Å². The Hall–Kier alpha value is -2.30. The second kappa shape index (κ2) is 4.69. The highest BCUT2D eigenvalue weighted by atomic mass is 16.1. The van der Waals surface area contributed by atoms with Crippen molar-refractivity contribution in [3.63, 3.8) is 0 Å². The molecule has 0 unspecified atom stereocenters. The maximum absolute atomic E-state index is 11.9. The lowest BCUT2D eigenvalue weighted by molar-refractivity contribution is 0.0950. The van der Waals surface area contributed by atoms with Gasteiger partial charge in [-0.15, -0.1) is 0 Å². The van der Waals surface area contributed by atoms with Gasteiger partial charge in [-0.3, -0.25) is 4.79 Å². The molecule has 0 bridgehead atoms. The average molecular weight is 230 g/mol. The topological polar surface area (TPSA) is 83.8 Å². The van der Waals surface area contributed by atoms with Gasteiger partial charge in [0.15, 0.2) is 0 Å². The van der Waals surface area contributed by atoms with E-state index in [1.54, 1.807) is 30.7 Å². The van der Waals surface area contributed by atoms with Gasteiger partial charge in [-0.1, -0.05) is 6.07 Å². The Morgan fingerprint density at radius 3 is 3.06 bits per heavy atom. The van der Waals surface area contributed by atoms with Crippen LogP contribution in [-0.4, -0.2) is 15.9 Å². The number of H-pyrrole nitrogens is 1. The number of amides is 1. The molecule has 4 N–H and O–H groups in total. The highest BCUT2D eigenvalue weighted by molar-refractivity contribution is 5.96. The molecule has 0 spiro atoms. The molecule has 1 heterocycles. The minimum atomic E-state index is -0.135. The summed E-state index contributed by atoms with van der Waals surface area (Å²) >= 11 is 0. The van der Waals surface area contributed by atoms with E-state index in [1.165, 1.54) is 0 Å². The Morgan fingerprint density at radius 2 is 2.35 bits per heavy atom. The highest BCUT2D eigenvalue weighted by Gasteiger charge is 2.09. The minimum absolute atomic E-state index is 0.135. The lowest BCUT2D eigenvalue weighted by Gasteiger charge is -2.08. The number of nitrogens with one attached hydrogen (secondary N) is 2. The summed E-state index contributed by atoms with van der Waals surface area (Å²) in [7, 11) is 0. The molecule has 0 fully saturated rings. The molecule has 2 aromatic rings. The number of carbonyl (C=O) groups excluding carboxylic acids is 1. The van der Waals surface area contributed by atoms with E-state index < -0.39 is 0 Å². The smallest absolute Gasteiger partial charge is 0.251 e. The van der Waals surface area contributed by atoms with Gasteiger partial charge in [0, 0.05) is 17.4 Å². The van der Waals surface area contributed by atoms with Crippen LogP contribution in [0.3, 0.4) is 0 Å². The summed E-state index contributed by atoms with van der Waals surface area (Å²) in [5.41, 5.74) is 8.64. The third kappa shape index (κ3) is 2.44. The molecule has 5 nitrogen and oxygen atoms in total. The van der Waals surface area contributed by atoms with E-state index in [-0.39, 0.29) is 5.91 Å². The molecule has 2 rings (SSSR count). The molecule has 17 heavy (non-hydrogen) atoms. The van der Waals surface area contributed by atoms with Gasteiger partial charge in [0.2, 0.25) is 0 Å². The van der Waals surface area contributed by atoms with Gasteiger partial charge in [0.1, 0.15) is 0 Å². The molecule has 0 saturated heterocycles. The Balaban J connectivity index is 2.07. The first-order valence-corrected chi connectivity index (χ1v) is 5.29. The van der Waals surface area contributed by atoms with Crippen LogP contribution in [0.25, 0.3) is 0 Å². The Bertz CT molecular complexity index is 519. The number of carbonyl (C=O) groups is 1. The fourth-order valence-corrected chi connectivity index (χ4v) is 1.55. The van der Waals surface area contributed by atoms with E-state index in [2.05, 4.69) is 15.3 Å². The van der Waals surface area contributed by atoms with Crippen molar-refractivity contribution < 1.29 is 4.79 Å². The van der Waals surface area contributed by atoms with Gasteiger partial charge in [0.25, 0.3) is 5.91 Å². The van der Waals surface area contributed by atoms with Gasteiger partial charge in [-0.05, 0) is 24.6 Å². The zero-order valence-electron chi connectivity index (χ0n) is 9.53. The molecule has 88 valence electrons. The Kier molecular flexibility index (Phi) is 3.09. The second-order valence-electron chi connectivity index (χ2n) is 3.78. The first kappa shape index (κ1) is 11.2. The monoisotopic (exact) mass is 230 g/mol. The predicted octanol–water partition coefficient (Wildman–Crippen LogP) is 1.23. The number of benzene rings is 1. The number of nitrogens with zero attached hydrogens (tertiary/aromatic N) is 1. The summed E-state index contributed by atoms with van der Waals surface area (Å²) in [4.78, 5) is 18.7. The third-order valence-electron chi connectivity index (χ3n) is 2.61. The van der Waals surface area contributed by atoms with Crippen LogP contribution in [0.2, 0.25) is 0 Å². The van der Waals surface area contributed by atoms with Crippen molar-refractivity contribution in [1.82, 2.24) is 15.3 Å². The number of rotatable bonds is 3. The molecular weight excluding hydrogens is 216 g/mol. The fourth-order valence-electron chi connectivity index (χ4n) is 1.55. The van der Waals surface area contributed by atoms with E-state index in [0.717, 1.165) is 11.3 Å². The Labute approximate surface area is 99.1 Å². The van der Waals surface area contributed by atoms with E-state index in [9.17, 15) is 4.79 Å². The molecule has 5 heteroatoms. The standard InChI is InChI=1S/C12H14N4O/c1-8-10(3-2-4-11(8)13)12(17)15-6-9-5-14-7-16-9/h2-5,7H,6,13H2,1H3,(H,14,16)(H,15,17). The van der Waals surface area contributed by atoms with E-state index >= 15 is 0 Å². The molecular formula is C12H14N4O. The van der Waals surface area contributed by atoms with Crippen LogP contribution in [0.1, 0.15) is 21.6 Å². The molecule has 0 aliphatic carbocycles. The van der Waals surface area contributed by atoms with Crippen LogP contribution in [-0.2, 0) is 6.54 Å². The van der Waals surface area contributed by atoms with Crippen molar-refractivity contribution in [2.45, 2.75) is 13.5 Å². The number of hydrogen-bond donors (Lipinski definition) is 3. The van der Waals surface area contributed by atoms with Gasteiger partial charge in [-0.25, -0.2) is 4.98 Å². The fraction of sp³-hybridized carbons (Fsp3) is 0.167. The number of nitrogen functional groups attached to an aromatic ring is 1. The van der Waals surface area contributed by atoms with E-state index in [1.807, 2.05) is 6.92 Å². The zero-order valence-corrected chi connectivity index (χ0v) is 9.53. The molecule has 0 aliphatic heterocycles. The second-order valence-corrected chi connectivity index (χ2v) is 3.78. The van der Waals surface area contributed by atoms with Crippen LogP contribution < -0.4 is 11.1 Å². The third-order valence-corrected chi connectivity index (χ3v) is 2.61. The van der Waals surface area contributed by atoms with Crippen molar-refractivity contribution in [2.75, 3.05) is 5.73 Å². The van der Waals surface area contributed by atoms with Gasteiger partial charge in [-0.2, -0.15) is 0 Å². The first-order valence-electron chi connectivity index (χ1n) is 5.29. The number of imidazole rings is 1. The number of anilines is 1. The molecule has 0 atom stereocenters. The van der Waals surface area contributed by atoms with Crippen molar-refractivity contribution in [3.8, 4) is 0 Å². The summed E-state index contributed by atoms with van der Waals surface area (Å²) in [5.74, 6) is -0.135. The molecule has 1 aromatic heterocycles. The maximum atomic E-state index is 11.9. The first-order chi connectivity index (χ1) is 8.18. The SMILES string of the molecule is Cc1c(N)cccc1C(=O)NCc1cnc[nH]1. The molecule has 0 radical (unpaired) electrons. The highest BCUT2D eigenvalue weighted by Crippen LogP contribution is 2.15. The Morgan fingerprint density at radius 1 is 1.53 bits per heavy atom. The van der Waals surface area contributed by atoms with Gasteiger partial charge < -0.3 is 16.0 Å². The molecule has 0 saturated carbocycles. The van der Waals surface area contributed by atoms with E-state index in [4.69, 9.17) is 5.73 Å². The number of aromatic nitrogens is 2. The predicted molar refractivity (Wildman–Crippen MR) is 65.3 cm³/mol.